The average Bonchev–Trinajstić information content (AvgIpc) is 2.81. The highest BCUT2D eigenvalue weighted by Crippen LogP contribution is 2.36. The van der Waals surface area contributed by atoms with Crippen molar-refractivity contribution in [3.05, 3.63) is 28.6 Å². The van der Waals surface area contributed by atoms with E-state index < -0.39 is 0 Å². The Hall–Kier alpha value is -1.42. The second-order valence-corrected chi connectivity index (χ2v) is 4.17. The van der Waals surface area contributed by atoms with Crippen molar-refractivity contribution in [1.29, 1.82) is 0 Å². The Morgan fingerprint density at radius 3 is 3.27 bits per heavy atom. The molecular formula is C11H13N3O. The highest BCUT2D eigenvalue weighted by molar-refractivity contribution is 6.00. The van der Waals surface area contributed by atoms with Gasteiger partial charge in [-0.15, -0.1) is 0 Å². The minimum atomic E-state index is 0.0454. The van der Waals surface area contributed by atoms with Crippen LogP contribution in [0.3, 0.4) is 0 Å². The molecule has 0 aromatic carbocycles. The van der Waals surface area contributed by atoms with Gasteiger partial charge in [0.1, 0.15) is 0 Å². The van der Waals surface area contributed by atoms with Gasteiger partial charge < -0.3 is 11.1 Å². The number of fused-ring (bicyclic) bond motifs is 3. The molecule has 0 spiro atoms. The number of hydrogen-bond acceptors (Lipinski definition) is 3. The molecule has 4 heteroatoms. The number of nitrogens with one attached hydrogen (secondary N) is 1. The number of hydrogen-bond donors (Lipinski definition) is 2. The Bertz CT molecular complexity index is 442. The molecule has 1 aromatic heterocycles. The third-order valence-electron chi connectivity index (χ3n) is 3.37. The predicted octanol–water partition coefficient (Wildman–Crippen LogP) is 0.313. The van der Waals surface area contributed by atoms with Crippen LogP contribution in [0.25, 0.3) is 0 Å². The van der Waals surface area contributed by atoms with Crippen LogP contribution in [0.1, 0.15) is 39.5 Å². The lowest BCUT2D eigenvalue weighted by molar-refractivity contribution is 0.0964. The van der Waals surface area contributed by atoms with Crippen molar-refractivity contribution in [3.8, 4) is 0 Å². The predicted molar refractivity (Wildman–Crippen MR) is 55.5 cm³/mol. The Labute approximate surface area is 87.9 Å². The number of nitrogens with two attached hydrogens (primary N) is 1. The summed E-state index contributed by atoms with van der Waals surface area (Å²) in [6, 6.07) is 0. The molecule has 1 atom stereocenters. The second kappa shape index (κ2) is 3.03. The van der Waals surface area contributed by atoms with Crippen molar-refractivity contribution in [2.75, 3.05) is 6.54 Å². The molecule has 15 heavy (non-hydrogen) atoms. The molecule has 2 heterocycles. The Kier molecular flexibility index (Phi) is 1.79. The van der Waals surface area contributed by atoms with Gasteiger partial charge in [-0.2, -0.15) is 0 Å². The summed E-state index contributed by atoms with van der Waals surface area (Å²) >= 11 is 0. The van der Waals surface area contributed by atoms with E-state index in [1.165, 1.54) is 0 Å². The minimum absolute atomic E-state index is 0.0454. The molecule has 0 bridgehead atoms. The summed E-state index contributed by atoms with van der Waals surface area (Å²) in [5, 5.41) is 2.84. The lowest BCUT2D eigenvalue weighted by atomic mass is 9.96. The van der Waals surface area contributed by atoms with Crippen LogP contribution in [0.15, 0.2) is 6.20 Å². The van der Waals surface area contributed by atoms with Crippen molar-refractivity contribution >= 4 is 5.91 Å². The maximum atomic E-state index is 11.7. The fraction of sp³-hybridized carbons (Fsp3) is 0.455. The van der Waals surface area contributed by atoms with Gasteiger partial charge in [-0.05, 0) is 30.9 Å². The molecule has 3 rings (SSSR count). The van der Waals surface area contributed by atoms with E-state index in [9.17, 15) is 4.79 Å². The van der Waals surface area contributed by atoms with E-state index in [1.54, 1.807) is 0 Å². The van der Waals surface area contributed by atoms with Gasteiger partial charge in [0.2, 0.25) is 0 Å². The molecule has 0 radical (unpaired) electrons. The lowest BCUT2D eigenvalue weighted by Gasteiger charge is -2.10. The quantitative estimate of drug-likeness (QED) is 0.690. The molecule has 3 N–H and O–H groups in total. The van der Waals surface area contributed by atoms with Crippen molar-refractivity contribution in [2.45, 2.75) is 25.3 Å². The van der Waals surface area contributed by atoms with E-state index in [2.05, 4.69) is 10.3 Å². The number of rotatable bonds is 1. The third kappa shape index (κ3) is 1.11. The molecule has 1 aliphatic carbocycles. The van der Waals surface area contributed by atoms with Crippen LogP contribution in [0.5, 0.6) is 0 Å². The first kappa shape index (κ1) is 8.85. The van der Waals surface area contributed by atoms with Gasteiger partial charge >= 0.3 is 0 Å². The molecule has 1 aromatic rings. The van der Waals surface area contributed by atoms with Crippen LogP contribution in [-0.2, 0) is 13.0 Å². The molecule has 0 fully saturated rings. The summed E-state index contributed by atoms with van der Waals surface area (Å²) in [7, 11) is 0. The standard InChI is InChI=1S/C11H13N3O/c12-3-6-1-2-8-9(6)10-7(4-13-8)5-14-11(10)15/h4,6H,1-3,5,12H2,(H,14,15). The summed E-state index contributed by atoms with van der Waals surface area (Å²) in [5.74, 6) is 0.371. The first-order chi connectivity index (χ1) is 7.31. The highest BCUT2D eigenvalue weighted by Gasteiger charge is 2.32. The summed E-state index contributed by atoms with van der Waals surface area (Å²) in [6.45, 7) is 1.23. The van der Waals surface area contributed by atoms with Crippen LogP contribution < -0.4 is 11.1 Å². The molecule has 0 saturated heterocycles. The monoisotopic (exact) mass is 203 g/mol. The second-order valence-electron chi connectivity index (χ2n) is 4.17. The number of nitrogens with zero attached hydrogens (tertiary/aromatic N) is 1. The van der Waals surface area contributed by atoms with Gasteiger partial charge in [0.25, 0.3) is 5.91 Å². The van der Waals surface area contributed by atoms with E-state index in [-0.39, 0.29) is 5.91 Å². The number of carbonyl (C=O) groups is 1. The van der Waals surface area contributed by atoms with Gasteiger partial charge in [0, 0.05) is 24.0 Å². The van der Waals surface area contributed by atoms with Crippen molar-refractivity contribution < 1.29 is 4.79 Å². The van der Waals surface area contributed by atoms with E-state index >= 15 is 0 Å². The Morgan fingerprint density at radius 2 is 2.47 bits per heavy atom. The zero-order chi connectivity index (χ0) is 10.4. The van der Waals surface area contributed by atoms with Gasteiger partial charge in [-0.3, -0.25) is 9.78 Å². The zero-order valence-electron chi connectivity index (χ0n) is 8.42. The van der Waals surface area contributed by atoms with E-state index in [0.717, 1.165) is 35.2 Å². The number of carbonyl (C=O) groups excluding carboxylic acids is 1. The van der Waals surface area contributed by atoms with Crippen molar-refractivity contribution in [2.24, 2.45) is 5.73 Å². The van der Waals surface area contributed by atoms with Crippen molar-refractivity contribution in [3.63, 3.8) is 0 Å². The van der Waals surface area contributed by atoms with Crippen LogP contribution in [0.2, 0.25) is 0 Å². The van der Waals surface area contributed by atoms with Crippen LogP contribution in [0.4, 0.5) is 0 Å². The fourth-order valence-corrected chi connectivity index (χ4v) is 2.60. The number of amides is 1. The molecule has 78 valence electrons. The zero-order valence-corrected chi connectivity index (χ0v) is 8.42. The summed E-state index contributed by atoms with van der Waals surface area (Å²) < 4.78 is 0. The molecule has 1 aliphatic heterocycles. The summed E-state index contributed by atoms with van der Waals surface area (Å²) in [4.78, 5) is 16.1. The molecule has 2 aliphatic rings. The largest absolute Gasteiger partial charge is 0.348 e. The summed E-state index contributed by atoms with van der Waals surface area (Å²) in [6.07, 6.45) is 3.81. The smallest absolute Gasteiger partial charge is 0.252 e. The minimum Gasteiger partial charge on any atom is -0.348 e. The first-order valence-electron chi connectivity index (χ1n) is 5.30. The first-order valence-corrected chi connectivity index (χ1v) is 5.30. The molecular weight excluding hydrogens is 190 g/mol. The van der Waals surface area contributed by atoms with Crippen molar-refractivity contribution in [1.82, 2.24) is 10.3 Å². The van der Waals surface area contributed by atoms with E-state index in [4.69, 9.17) is 5.73 Å². The molecule has 1 amide bonds. The van der Waals surface area contributed by atoms with Crippen LogP contribution in [0, 0.1) is 0 Å². The molecule has 4 nitrogen and oxygen atoms in total. The maximum absolute atomic E-state index is 11.7. The highest BCUT2D eigenvalue weighted by atomic mass is 16.1. The van der Waals surface area contributed by atoms with Gasteiger partial charge in [-0.25, -0.2) is 0 Å². The number of pyridine rings is 1. The van der Waals surface area contributed by atoms with E-state index in [0.29, 0.717) is 19.0 Å². The fourth-order valence-electron chi connectivity index (χ4n) is 2.60. The van der Waals surface area contributed by atoms with E-state index in [1.807, 2.05) is 6.20 Å². The molecule has 0 saturated carbocycles. The normalized spacial score (nSPS) is 22.5. The van der Waals surface area contributed by atoms with Crippen LogP contribution in [-0.4, -0.2) is 17.4 Å². The Morgan fingerprint density at radius 1 is 1.60 bits per heavy atom. The van der Waals surface area contributed by atoms with Gasteiger partial charge in [0.05, 0.1) is 5.56 Å². The average molecular weight is 203 g/mol. The summed E-state index contributed by atoms with van der Waals surface area (Å²) in [5.41, 5.74) is 9.80. The SMILES string of the molecule is NCC1CCc2ncc3c(c21)C(=O)NC3. The topological polar surface area (TPSA) is 68.0 Å². The Balaban J connectivity index is 2.22. The number of aromatic nitrogens is 1. The molecule has 1 unspecified atom stereocenters. The lowest BCUT2D eigenvalue weighted by Crippen LogP contribution is -2.17. The van der Waals surface area contributed by atoms with Gasteiger partial charge in [0.15, 0.2) is 0 Å². The van der Waals surface area contributed by atoms with Crippen LogP contribution >= 0.6 is 0 Å². The van der Waals surface area contributed by atoms with Gasteiger partial charge in [-0.1, -0.05) is 0 Å². The maximum Gasteiger partial charge on any atom is 0.252 e. The third-order valence-corrected chi connectivity index (χ3v) is 3.37. The number of aryl methyl sites for hydroxylation is 1.